The molecule has 0 saturated carbocycles. The predicted octanol–water partition coefficient (Wildman–Crippen LogP) is 4.79. The first-order chi connectivity index (χ1) is 15.6. The van der Waals surface area contributed by atoms with E-state index >= 15 is 0 Å². The second-order valence-corrected chi connectivity index (χ2v) is 8.42. The standard InChI is InChI=1S/C25H23N3O3S/c1-3-26-23(29)17(2)32-25-27-22-12-8-7-11-21(22)24(30)28(25)18-13-15-20(16-14-18)31-19-9-5-4-6-10-19/h4-17H,3H2,1-2H3,(H,26,29). The smallest absolute Gasteiger partial charge is 0.266 e. The van der Waals surface area contributed by atoms with Crippen LogP contribution in [-0.2, 0) is 4.79 Å². The summed E-state index contributed by atoms with van der Waals surface area (Å²) in [5.74, 6) is 1.29. The molecule has 0 aliphatic carbocycles. The lowest BCUT2D eigenvalue weighted by Gasteiger charge is -2.16. The van der Waals surface area contributed by atoms with Crippen molar-refractivity contribution < 1.29 is 9.53 Å². The van der Waals surface area contributed by atoms with Crippen molar-refractivity contribution in [3.63, 3.8) is 0 Å². The number of fused-ring (bicyclic) bond motifs is 1. The summed E-state index contributed by atoms with van der Waals surface area (Å²) in [6, 6.07) is 24.0. The van der Waals surface area contributed by atoms with E-state index in [1.165, 1.54) is 11.8 Å². The fourth-order valence-electron chi connectivity index (χ4n) is 3.24. The van der Waals surface area contributed by atoms with Gasteiger partial charge in [-0.15, -0.1) is 0 Å². The molecule has 0 saturated heterocycles. The lowest BCUT2D eigenvalue weighted by Crippen LogP contribution is -2.31. The summed E-state index contributed by atoms with van der Waals surface area (Å²) in [6.45, 7) is 4.22. The molecule has 0 radical (unpaired) electrons. The van der Waals surface area contributed by atoms with E-state index < -0.39 is 5.25 Å². The minimum absolute atomic E-state index is 0.0990. The van der Waals surface area contributed by atoms with Crippen LogP contribution in [0.5, 0.6) is 11.5 Å². The minimum Gasteiger partial charge on any atom is -0.457 e. The number of ether oxygens (including phenoxy) is 1. The molecule has 7 heteroatoms. The van der Waals surface area contributed by atoms with Gasteiger partial charge in [-0.1, -0.05) is 42.1 Å². The van der Waals surface area contributed by atoms with Gasteiger partial charge in [0.05, 0.1) is 21.8 Å². The molecule has 162 valence electrons. The Morgan fingerprint density at radius 1 is 1.00 bits per heavy atom. The van der Waals surface area contributed by atoms with E-state index in [0.29, 0.717) is 34.0 Å². The molecule has 0 spiro atoms. The largest absolute Gasteiger partial charge is 0.457 e. The summed E-state index contributed by atoms with van der Waals surface area (Å²) < 4.78 is 7.41. The van der Waals surface area contributed by atoms with Crippen LogP contribution in [-0.4, -0.2) is 27.3 Å². The molecule has 0 aliphatic heterocycles. The van der Waals surface area contributed by atoms with Crippen molar-refractivity contribution in [2.45, 2.75) is 24.3 Å². The van der Waals surface area contributed by atoms with Crippen LogP contribution in [0.1, 0.15) is 13.8 Å². The molecule has 6 nitrogen and oxygen atoms in total. The number of aromatic nitrogens is 2. The zero-order chi connectivity index (χ0) is 22.5. The molecule has 4 rings (SSSR count). The van der Waals surface area contributed by atoms with Crippen molar-refractivity contribution in [3.05, 3.63) is 89.2 Å². The van der Waals surface area contributed by atoms with Crippen molar-refractivity contribution >= 4 is 28.6 Å². The van der Waals surface area contributed by atoms with Gasteiger partial charge in [-0.3, -0.25) is 14.2 Å². The molecule has 1 amide bonds. The first-order valence-electron chi connectivity index (χ1n) is 10.4. The number of rotatable bonds is 7. The Morgan fingerprint density at radius 2 is 1.66 bits per heavy atom. The van der Waals surface area contributed by atoms with Gasteiger partial charge < -0.3 is 10.1 Å². The number of thioether (sulfide) groups is 1. The summed E-state index contributed by atoms with van der Waals surface area (Å²) in [7, 11) is 0. The number of hydrogen-bond donors (Lipinski definition) is 1. The zero-order valence-corrected chi connectivity index (χ0v) is 18.6. The summed E-state index contributed by atoms with van der Waals surface area (Å²) in [5.41, 5.74) is 1.07. The highest BCUT2D eigenvalue weighted by Crippen LogP contribution is 2.27. The first kappa shape index (κ1) is 21.6. The second-order valence-electron chi connectivity index (χ2n) is 7.12. The van der Waals surface area contributed by atoms with Gasteiger partial charge in [-0.05, 0) is 62.4 Å². The Bertz CT molecular complexity index is 1290. The fourth-order valence-corrected chi connectivity index (χ4v) is 4.19. The molecule has 1 N–H and O–H groups in total. The number of amides is 1. The van der Waals surface area contributed by atoms with E-state index in [-0.39, 0.29) is 11.5 Å². The molecule has 4 aromatic rings. The average molecular weight is 446 g/mol. The molecule has 0 aliphatic rings. The maximum absolute atomic E-state index is 13.4. The van der Waals surface area contributed by atoms with Crippen LogP contribution >= 0.6 is 11.8 Å². The predicted molar refractivity (Wildman–Crippen MR) is 128 cm³/mol. The first-order valence-corrected chi connectivity index (χ1v) is 11.2. The number of nitrogens with zero attached hydrogens (tertiary/aromatic N) is 2. The third-order valence-corrected chi connectivity index (χ3v) is 5.87. The molecule has 1 aromatic heterocycles. The van der Waals surface area contributed by atoms with Crippen LogP contribution in [0.3, 0.4) is 0 Å². The SMILES string of the molecule is CCNC(=O)C(C)Sc1nc2ccccc2c(=O)n1-c1ccc(Oc2ccccc2)cc1. The van der Waals surface area contributed by atoms with E-state index in [1.807, 2.05) is 73.7 Å². The zero-order valence-electron chi connectivity index (χ0n) is 17.8. The van der Waals surface area contributed by atoms with Crippen molar-refractivity contribution in [2.75, 3.05) is 6.54 Å². The molecule has 32 heavy (non-hydrogen) atoms. The normalized spacial score (nSPS) is 11.8. The Kier molecular flexibility index (Phi) is 6.56. The summed E-state index contributed by atoms with van der Waals surface area (Å²) in [6.07, 6.45) is 0. The molecule has 0 bridgehead atoms. The molecule has 3 aromatic carbocycles. The third-order valence-electron chi connectivity index (χ3n) is 4.82. The minimum atomic E-state index is -0.407. The van der Waals surface area contributed by atoms with Gasteiger partial charge in [0.15, 0.2) is 5.16 Å². The summed E-state index contributed by atoms with van der Waals surface area (Å²) in [4.78, 5) is 30.4. The number of hydrogen-bond acceptors (Lipinski definition) is 5. The Balaban J connectivity index is 1.74. The quantitative estimate of drug-likeness (QED) is 0.327. The lowest BCUT2D eigenvalue weighted by molar-refractivity contribution is -0.120. The number of para-hydroxylation sites is 2. The highest BCUT2D eigenvalue weighted by molar-refractivity contribution is 8.00. The van der Waals surface area contributed by atoms with Gasteiger partial charge in [0.2, 0.25) is 5.91 Å². The van der Waals surface area contributed by atoms with Gasteiger partial charge in [0.1, 0.15) is 11.5 Å². The maximum Gasteiger partial charge on any atom is 0.266 e. The number of nitrogens with one attached hydrogen (secondary N) is 1. The van der Waals surface area contributed by atoms with E-state index in [1.54, 1.807) is 23.6 Å². The molecule has 0 fully saturated rings. The van der Waals surface area contributed by atoms with Crippen LogP contribution in [0.25, 0.3) is 16.6 Å². The van der Waals surface area contributed by atoms with Gasteiger partial charge in [0.25, 0.3) is 5.56 Å². The average Bonchev–Trinajstić information content (AvgIpc) is 2.81. The van der Waals surface area contributed by atoms with Crippen LogP contribution in [0.15, 0.2) is 88.8 Å². The Hall–Kier alpha value is -3.58. The van der Waals surface area contributed by atoms with Crippen molar-refractivity contribution in [1.82, 2.24) is 14.9 Å². The second kappa shape index (κ2) is 9.70. The third kappa shape index (κ3) is 4.68. The van der Waals surface area contributed by atoms with Gasteiger partial charge in [-0.25, -0.2) is 4.98 Å². The summed E-state index contributed by atoms with van der Waals surface area (Å²) in [5, 5.41) is 3.39. The highest BCUT2D eigenvalue weighted by atomic mass is 32.2. The van der Waals surface area contributed by atoms with Crippen molar-refractivity contribution in [2.24, 2.45) is 0 Å². The molecular formula is C25H23N3O3S. The van der Waals surface area contributed by atoms with Gasteiger partial charge in [0, 0.05) is 6.54 Å². The van der Waals surface area contributed by atoms with E-state index in [2.05, 4.69) is 5.32 Å². The Morgan fingerprint density at radius 3 is 2.38 bits per heavy atom. The topological polar surface area (TPSA) is 73.2 Å². The molecule has 1 unspecified atom stereocenters. The number of carbonyl (C=O) groups is 1. The Labute approximate surface area is 190 Å². The highest BCUT2D eigenvalue weighted by Gasteiger charge is 2.20. The van der Waals surface area contributed by atoms with Gasteiger partial charge >= 0.3 is 0 Å². The molecular weight excluding hydrogens is 422 g/mol. The van der Waals surface area contributed by atoms with Crippen LogP contribution in [0.2, 0.25) is 0 Å². The molecule has 1 atom stereocenters. The van der Waals surface area contributed by atoms with E-state index in [4.69, 9.17) is 9.72 Å². The number of carbonyl (C=O) groups excluding carboxylic acids is 1. The van der Waals surface area contributed by atoms with Crippen LogP contribution < -0.4 is 15.6 Å². The summed E-state index contributed by atoms with van der Waals surface area (Å²) >= 11 is 1.26. The van der Waals surface area contributed by atoms with E-state index in [0.717, 1.165) is 5.75 Å². The van der Waals surface area contributed by atoms with Crippen molar-refractivity contribution in [3.8, 4) is 17.2 Å². The monoisotopic (exact) mass is 445 g/mol. The van der Waals surface area contributed by atoms with Crippen LogP contribution in [0, 0.1) is 0 Å². The number of benzene rings is 3. The van der Waals surface area contributed by atoms with E-state index in [9.17, 15) is 9.59 Å². The van der Waals surface area contributed by atoms with Crippen LogP contribution in [0.4, 0.5) is 0 Å². The van der Waals surface area contributed by atoms with Crippen molar-refractivity contribution in [1.29, 1.82) is 0 Å². The lowest BCUT2D eigenvalue weighted by atomic mass is 10.2. The molecule has 1 heterocycles. The maximum atomic E-state index is 13.4. The fraction of sp³-hybridized carbons (Fsp3) is 0.160. The van der Waals surface area contributed by atoms with Gasteiger partial charge in [-0.2, -0.15) is 0 Å².